The Hall–Kier alpha value is -0.810. The first-order valence-corrected chi connectivity index (χ1v) is 9.27. The molecule has 0 spiro atoms. The predicted molar refractivity (Wildman–Crippen MR) is 97.0 cm³/mol. The molecular formula is C18H37N3O2. The van der Waals surface area contributed by atoms with Crippen LogP contribution in [0.15, 0.2) is 4.99 Å². The zero-order chi connectivity index (χ0) is 16.9. The van der Waals surface area contributed by atoms with E-state index < -0.39 is 0 Å². The molecule has 1 heterocycles. The molecule has 2 unspecified atom stereocenters. The zero-order valence-electron chi connectivity index (χ0n) is 15.6. The fraction of sp³-hybridized carbons (Fsp3) is 0.944. The lowest BCUT2D eigenvalue weighted by Gasteiger charge is -2.24. The van der Waals surface area contributed by atoms with Gasteiger partial charge in [-0.05, 0) is 18.8 Å². The zero-order valence-corrected chi connectivity index (χ0v) is 15.6. The molecule has 2 atom stereocenters. The van der Waals surface area contributed by atoms with Crippen LogP contribution in [-0.4, -0.2) is 64.5 Å². The van der Waals surface area contributed by atoms with Gasteiger partial charge in [0.15, 0.2) is 5.96 Å². The number of rotatable bonds is 11. The number of hydrogen-bond acceptors (Lipinski definition) is 3. The Kier molecular flexibility index (Phi) is 11.1. The third kappa shape index (κ3) is 8.02. The van der Waals surface area contributed by atoms with E-state index in [1.54, 1.807) is 7.11 Å². The van der Waals surface area contributed by atoms with Gasteiger partial charge in [-0.15, -0.1) is 0 Å². The van der Waals surface area contributed by atoms with Gasteiger partial charge in [0.2, 0.25) is 0 Å². The Morgan fingerprint density at radius 2 is 2.17 bits per heavy atom. The molecule has 1 saturated heterocycles. The third-order valence-corrected chi connectivity index (χ3v) is 4.67. The van der Waals surface area contributed by atoms with Gasteiger partial charge in [-0.3, -0.25) is 4.99 Å². The van der Waals surface area contributed by atoms with E-state index in [0.29, 0.717) is 19.1 Å². The molecule has 1 aliphatic rings. The maximum atomic E-state index is 5.67. The summed E-state index contributed by atoms with van der Waals surface area (Å²) in [6.45, 7) is 9.89. The van der Waals surface area contributed by atoms with Crippen LogP contribution in [0.3, 0.4) is 0 Å². The molecule has 0 aliphatic carbocycles. The average Bonchev–Trinajstić information content (AvgIpc) is 3.03. The lowest BCUT2D eigenvalue weighted by Crippen LogP contribution is -2.42. The molecule has 0 amide bonds. The van der Waals surface area contributed by atoms with Gasteiger partial charge < -0.3 is 19.7 Å². The van der Waals surface area contributed by atoms with Gasteiger partial charge in [-0.2, -0.15) is 0 Å². The minimum atomic E-state index is 0.604. The number of likely N-dealkylation sites (tertiary alicyclic amines) is 1. The highest BCUT2D eigenvalue weighted by atomic mass is 16.5. The van der Waals surface area contributed by atoms with Crippen molar-refractivity contribution in [1.82, 2.24) is 10.2 Å². The second-order valence-corrected chi connectivity index (χ2v) is 6.51. The highest BCUT2D eigenvalue weighted by Crippen LogP contribution is 2.17. The van der Waals surface area contributed by atoms with E-state index >= 15 is 0 Å². The molecule has 1 N–H and O–H groups in total. The minimum Gasteiger partial charge on any atom is -0.382 e. The number of guanidine groups is 1. The topological polar surface area (TPSA) is 46.1 Å². The fourth-order valence-electron chi connectivity index (χ4n) is 3.06. The first kappa shape index (κ1) is 20.2. The summed E-state index contributed by atoms with van der Waals surface area (Å²) in [5, 5.41) is 3.58. The van der Waals surface area contributed by atoms with Gasteiger partial charge in [0.25, 0.3) is 0 Å². The maximum absolute atomic E-state index is 5.67. The number of nitrogens with zero attached hydrogens (tertiary/aromatic N) is 2. The normalized spacial score (nSPS) is 20.1. The Morgan fingerprint density at radius 1 is 1.35 bits per heavy atom. The Morgan fingerprint density at radius 3 is 2.83 bits per heavy atom. The summed E-state index contributed by atoms with van der Waals surface area (Å²) in [6.07, 6.45) is 6.33. The molecule has 0 aromatic heterocycles. The van der Waals surface area contributed by atoms with E-state index in [9.17, 15) is 0 Å². The molecular weight excluding hydrogens is 290 g/mol. The van der Waals surface area contributed by atoms with Crippen molar-refractivity contribution in [2.75, 3.05) is 53.6 Å². The number of aliphatic imine (C=N–C) groups is 1. The lowest BCUT2D eigenvalue weighted by molar-refractivity contribution is 0.0536. The quantitative estimate of drug-likeness (QED) is 0.360. The number of ether oxygens (including phenoxy) is 2. The van der Waals surface area contributed by atoms with Crippen LogP contribution in [0.5, 0.6) is 0 Å². The minimum absolute atomic E-state index is 0.604. The molecule has 0 radical (unpaired) electrons. The van der Waals surface area contributed by atoms with Gasteiger partial charge in [0.1, 0.15) is 0 Å². The molecule has 1 rings (SSSR count). The van der Waals surface area contributed by atoms with Crippen molar-refractivity contribution < 1.29 is 9.47 Å². The van der Waals surface area contributed by atoms with Crippen LogP contribution in [0.2, 0.25) is 0 Å². The van der Waals surface area contributed by atoms with Gasteiger partial charge in [-0.1, -0.05) is 33.1 Å². The van der Waals surface area contributed by atoms with Crippen molar-refractivity contribution in [3.05, 3.63) is 0 Å². The van der Waals surface area contributed by atoms with Crippen molar-refractivity contribution in [3.63, 3.8) is 0 Å². The summed E-state index contributed by atoms with van der Waals surface area (Å²) in [4.78, 5) is 6.84. The van der Waals surface area contributed by atoms with Crippen LogP contribution in [0.25, 0.3) is 0 Å². The van der Waals surface area contributed by atoms with E-state index in [1.807, 2.05) is 7.05 Å². The SMILES string of the molecule is CCCCC(CC)CNC(=NC)N1CCC(COCCOC)C1. The fourth-order valence-corrected chi connectivity index (χ4v) is 3.06. The number of hydrogen-bond donors (Lipinski definition) is 1. The van der Waals surface area contributed by atoms with Crippen LogP contribution < -0.4 is 5.32 Å². The molecule has 0 aromatic rings. The standard InChI is InChI=1S/C18H37N3O2/c1-5-7-8-16(6-2)13-20-18(19-3)21-10-9-17(14-21)15-23-12-11-22-4/h16-17H,5-15H2,1-4H3,(H,19,20). The maximum Gasteiger partial charge on any atom is 0.193 e. The summed E-state index contributed by atoms with van der Waals surface area (Å²) < 4.78 is 10.7. The van der Waals surface area contributed by atoms with Crippen LogP contribution in [-0.2, 0) is 9.47 Å². The highest BCUT2D eigenvalue weighted by Gasteiger charge is 2.25. The Labute approximate surface area is 142 Å². The van der Waals surface area contributed by atoms with E-state index in [-0.39, 0.29) is 0 Å². The second kappa shape index (κ2) is 12.6. The summed E-state index contributed by atoms with van der Waals surface area (Å²) in [5.74, 6) is 2.41. The van der Waals surface area contributed by atoms with E-state index in [2.05, 4.69) is 29.1 Å². The van der Waals surface area contributed by atoms with Gasteiger partial charge >= 0.3 is 0 Å². The van der Waals surface area contributed by atoms with Crippen molar-refractivity contribution >= 4 is 5.96 Å². The summed E-state index contributed by atoms with van der Waals surface area (Å²) >= 11 is 0. The molecule has 0 saturated carbocycles. The highest BCUT2D eigenvalue weighted by molar-refractivity contribution is 5.80. The molecule has 1 aliphatic heterocycles. The summed E-state index contributed by atoms with van der Waals surface area (Å²) in [7, 11) is 3.60. The molecule has 0 bridgehead atoms. The molecule has 1 fully saturated rings. The van der Waals surface area contributed by atoms with E-state index in [4.69, 9.17) is 9.47 Å². The van der Waals surface area contributed by atoms with Crippen LogP contribution in [0.1, 0.15) is 46.0 Å². The van der Waals surface area contributed by atoms with Crippen molar-refractivity contribution in [3.8, 4) is 0 Å². The first-order chi connectivity index (χ1) is 11.2. The van der Waals surface area contributed by atoms with E-state index in [0.717, 1.165) is 38.1 Å². The molecule has 5 heteroatoms. The average molecular weight is 328 g/mol. The number of unbranched alkanes of at least 4 members (excludes halogenated alkanes) is 1. The van der Waals surface area contributed by atoms with Gasteiger partial charge in [0, 0.05) is 39.7 Å². The molecule has 136 valence electrons. The summed E-state index contributed by atoms with van der Waals surface area (Å²) in [5.41, 5.74) is 0. The smallest absolute Gasteiger partial charge is 0.193 e. The third-order valence-electron chi connectivity index (χ3n) is 4.67. The van der Waals surface area contributed by atoms with Crippen molar-refractivity contribution in [2.24, 2.45) is 16.8 Å². The Bertz CT molecular complexity index is 323. The van der Waals surface area contributed by atoms with E-state index in [1.165, 1.54) is 32.1 Å². The lowest BCUT2D eigenvalue weighted by atomic mass is 9.99. The largest absolute Gasteiger partial charge is 0.382 e. The Balaban J connectivity index is 2.29. The number of nitrogens with one attached hydrogen (secondary N) is 1. The number of methoxy groups -OCH3 is 1. The molecule has 5 nitrogen and oxygen atoms in total. The van der Waals surface area contributed by atoms with Crippen LogP contribution in [0.4, 0.5) is 0 Å². The van der Waals surface area contributed by atoms with Crippen molar-refractivity contribution in [1.29, 1.82) is 0 Å². The van der Waals surface area contributed by atoms with Crippen LogP contribution in [0, 0.1) is 11.8 Å². The van der Waals surface area contributed by atoms with Crippen molar-refractivity contribution in [2.45, 2.75) is 46.0 Å². The van der Waals surface area contributed by atoms with Crippen LogP contribution >= 0.6 is 0 Å². The monoisotopic (exact) mass is 327 g/mol. The first-order valence-electron chi connectivity index (χ1n) is 9.27. The van der Waals surface area contributed by atoms with Gasteiger partial charge in [-0.25, -0.2) is 0 Å². The molecule has 0 aromatic carbocycles. The molecule has 23 heavy (non-hydrogen) atoms. The second-order valence-electron chi connectivity index (χ2n) is 6.51. The summed E-state index contributed by atoms with van der Waals surface area (Å²) in [6, 6.07) is 0. The van der Waals surface area contributed by atoms with Gasteiger partial charge in [0.05, 0.1) is 19.8 Å². The predicted octanol–water partition coefficient (Wildman–Crippen LogP) is 2.76.